The van der Waals surface area contributed by atoms with Crippen LogP contribution in [0.5, 0.6) is 0 Å². The Hall–Kier alpha value is -1.47. The Morgan fingerprint density at radius 3 is 3.00 bits per heavy atom. The van der Waals surface area contributed by atoms with E-state index in [1.807, 2.05) is 17.2 Å². The number of carbonyl (C=O) groups is 2. The van der Waals surface area contributed by atoms with Gasteiger partial charge in [0.1, 0.15) is 6.61 Å². The lowest BCUT2D eigenvalue weighted by atomic mass is 10.1. The van der Waals surface area contributed by atoms with E-state index in [0.717, 1.165) is 17.1 Å². The number of hydrogen-bond donors (Lipinski definition) is 0. The number of thiazole rings is 1. The quantitative estimate of drug-likeness (QED) is 0.825. The Labute approximate surface area is 127 Å². The second kappa shape index (κ2) is 5.73. The van der Waals surface area contributed by atoms with Crippen LogP contribution >= 0.6 is 11.3 Å². The van der Waals surface area contributed by atoms with Crippen LogP contribution in [0.25, 0.3) is 0 Å². The number of amides is 2. The summed E-state index contributed by atoms with van der Waals surface area (Å²) in [5.41, 5.74) is 0.938. The number of ether oxygens (including phenoxy) is 1. The van der Waals surface area contributed by atoms with E-state index in [2.05, 4.69) is 4.98 Å². The van der Waals surface area contributed by atoms with Gasteiger partial charge in [0.05, 0.1) is 29.3 Å². The third-order valence-corrected chi connectivity index (χ3v) is 5.02. The summed E-state index contributed by atoms with van der Waals surface area (Å²) < 4.78 is 4.92. The van der Waals surface area contributed by atoms with Crippen LogP contribution in [0, 0.1) is 6.92 Å². The van der Waals surface area contributed by atoms with Crippen LogP contribution in [0.2, 0.25) is 0 Å². The van der Waals surface area contributed by atoms with Crippen molar-refractivity contribution in [2.75, 3.05) is 20.3 Å². The molecule has 21 heavy (non-hydrogen) atoms. The topological polar surface area (TPSA) is 62.7 Å². The molecule has 0 radical (unpaired) electrons. The number of methoxy groups -OCH3 is 1. The van der Waals surface area contributed by atoms with Gasteiger partial charge in [-0.05, 0) is 13.3 Å². The van der Waals surface area contributed by atoms with Crippen molar-refractivity contribution in [2.45, 2.75) is 38.4 Å². The van der Waals surface area contributed by atoms with Crippen molar-refractivity contribution in [3.8, 4) is 0 Å². The Morgan fingerprint density at radius 2 is 2.33 bits per heavy atom. The molecular formula is C14H19N3O3S. The molecule has 1 aromatic rings. The summed E-state index contributed by atoms with van der Waals surface area (Å²) in [6.07, 6.45) is 1.26. The zero-order chi connectivity index (χ0) is 15.0. The molecule has 2 aliphatic rings. The zero-order valence-electron chi connectivity index (χ0n) is 12.2. The van der Waals surface area contributed by atoms with Gasteiger partial charge in [-0.1, -0.05) is 0 Å². The molecule has 0 spiro atoms. The Bertz CT molecular complexity index is 559. The van der Waals surface area contributed by atoms with E-state index < -0.39 is 0 Å². The molecule has 1 aromatic heterocycles. The van der Waals surface area contributed by atoms with Crippen molar-refractivity contribution >= 4 is 23.2 Å². The molecule has 3 rings (SSSR count). The molecule has 0 bridgehead atoms. The fourth-order valence-corrected chi connectivity index (χ4v) is 3.91. The van der Waals surface area contributed by atoms with Crippen molar-refractivity contribution < 1.29 is 14.3 Å². The number of rotatable bonds is 4. The molecule has 7 heteroatoms. The largest absolute Gasteiger partial charge is 0.375 e. The van der Waals surface area contributed by atoms with E-state index >= 15 is 0 Å². The highest BCUT2D eigenvalue weighted by atomic mass is 32.1. The van der Waals surface area contributed by atoms with Crippen LogP contribution in [-0.2, 0) is 20.9 Å². The third-order valence-electron chi connectivity index (χ3n) is 4.20. The molecule has 2 saturated heterocycles. The highest BCUT2D eigenvalue weighted by Crippen LogP contribution is 2.33. The average Bonchev–Trinajstić information content (AvgIpc) is 3.09. The van der Waals surface area contributed by atoms with E-state index in [0.29, 0.717) is 19.5 Å². The monoisotopic (exact) mass is 309 g/mol. The lowest BCUT2D eigenvalue weighted by Gasteiger charge is -2.24. The molecule has 0 N–H and O–H groups in total. The van der Waals surface area contributed by atoms with E-state index in [4.69, 9.17) is 4.74 Å². The molecule has 114 valence electrons. The van der Waals surface area contributed by atoms with Gasteiger partial charge in [0, 0.05) is 25.5 Å². The van der Waals surface area contributed by atoms with Crippen molar-refractivity contribution in [1.82, 2.24) is 14.8 Å². The van der Waals surface area contributed by atoms with Crippen molar-refractivity contribution in [3.05, 3.63) is 16.1 Å². The molecule has 0 aromatic carbocycles. The maximum absolute atomic E-state index is 12.3. The predicted molar refractivity (Wildman–Crippen MR) is 77.8 cm³/mol. The SMILES string of the molecule is COCC(=O)N1CC[C@@H]2[C@@H]1CC(=O)N2Cc1csc(C)n1. The zero-order valence-corrected chi connectivity index (χ0v) is 13.1. The summed E-state index contributed by atoms with van der Waals surface area (Å²) in [7, 11) is 1.52. The van der Waals surface area contributed by atoms with Crippen molar-refractivity contribution in [2.24, 2.45) is 0 Å². The van der Waals surface area contributed by atoms with Gasteiger partial charge in [0.15, 0.2) is 0 Å². The second-order valence-corrected chi connectivity index (χ2v) is 6.59. The highest BCUT2D eigenvalue weighted by Gasteiger charge is 2.48. The van der Waals surface area contributed by atoms with Gasteiger partial charge in [-0.3, -0.25) is 9.59 Å². The van der Waals surface area contributed by atoms with E-state index in [1.54, 1.807) is 16.2 Å². The summed E-state index contributed by atoms with van der Waals surface area (Å²) in [5, 5.41) is 3.01. The fraction of sp³-hybridized carbons (Fsp3) is 0.643. The molecule has 3 heterocycles. The van der Waals surface area contributed by atoms with Gasteiger partial charge in [-0.25, -0.2) is 4.98 Å². The number of carbonyl (C=O) groups excluding carboxylic acids is 2. The molecule has 6 nitrogen and oxygen atoms in total. The number of hydrogen-bond acceptors (Lipinski definition) is 5. The Morgan fingerprint density at radius 1 is 1.52 bits per heavy atom. The first-order valence-corrected chi connectivity index (χ1v) is 7.97. The van der Waals surface area contributed by atoms with E-state index in [9.17, 15) is 9.59 Å². The average molecular weight is 309 g/mol. The lowest BCUT2D eigenvalue weighted by Crippen LogP contribution is -2.41. The summed E-state index contributed by atoms with van der Waals surface area (Å²) in [6, 6.07) is 0.125. The number of aromatic nitrogens is 1. The van der Waals surface area contributed by atoms with E-state index in [-0.39, 0.29) is 30.5 Å². The third kappa shape index (κ3) is 2.67. The first-order valence-electron chi connectivity index (χ1n) is 7.09. The molecule has 0 saturated carbocycles. The van der Waals surface area contributed by atoms with Gasteiger partial charge < -0.3 is 14.5 Å². The smallest absolute Gasteiger partial charge is 0.248 e. The first-order chi connectivity index (χ1) is 10.1. The molecule has 2 atom stereocenters. The molecule has 2 fully saturated rings. The Balaban J connectivity index is 1.71. The Kier molecular flexibility index (Phi) is 3.95. The van der Waals surface area contributed by atoms with Crippen LogP contribution in [0.1, 0.15) is 23.5 Å². The van der Waals surface area contributed by atoms with Gasteiger partial charge >= 0.3 is 0 Å². The minimum atomic E-state index is -0.0239. The molecule has 0 aliphatic carbocycles. The number of fused-ring (bicyclic) bond motifs is 1. The van der Waals surface area contributed by atoms with Crippen LogP contribution in [0.3, 0.4) is 0 Å². The fourth-order valence-electron chi connectivity index (χ4n) is 3.31. The second-order valence-electron chi connectivity index (χ2n) is 5.53. The normalized spacial score (nSPS) is 24.8. The van der Waals surface area contributed by atoms with Crippen LogP contribution in [-0.4, -0.2) is 58.9 Å². The van der Waals surface area contributed by atoms with Crippen LogP contribution in [0.4, 0.5) is 0 Å². The van der Waals surface area contributed by atoms with Crippen molar-refractivity contribution in [3.63, 3.8) is 0 Å². The molecule has 2 aliphatic heterocycles. The van der Waals surface area contributed by atoms with Crippen molar-refractivity contribution in [1.29, 1.82) is 0 Å². The van der Waals surface area contributed by atoms with Gasteiger partial charge in [-0.2, -0.15) is 0 Å². The van der Waals surface area contributed by atoms with Crippen LogP contribution < -0.4 is 0 Å². The lowest BCUT2D eigenvalue weighted by molar-refractivity contribution is -0.136. The number of aryl methyl sites for hydroxylation is 1. The minimum absolute atomic E-state index is 0.000109. The van der Waals surface area contributed by atoms with Gasteiger partial charge in [0.2, 0.25) is 11.8 Å². The van der Waals surface area contributed by atoms with Gasteiger partial charge in [0.25, 0.3) is 0 Å². The molecule has 0 unspecified atom stereocenters. The highest BCUT2D eigenvalue weighted by molar-refractivity contribution is 7.09. The molecule has 2 amide bonds. The maximum Gasteiger partial charge on any atom is 0.248 e. The number of nitrogens with zero attached hydrogens (tertiary/aromatic N) is 3. The summed E-state index contributed by atoms with van der Waals surface area (Å²) >= 11 is 1.60. The summed E-state index contributed by atoms with van der Waals surface area (Å²) in [4.78, 5) is 32.4. The van der Waals surface area contributed by atoms with Crippen LogP contribution in [0.15, 0.2) is 5.38 Å². The standard InChI is InChI=1S/C14H19N3O3S/c1-9-15-10(8-21-9)6-17-11-3-4-16(14(19)7-20-2)12(11)5-13(17)18/h8,11-12H,3-7H2,1-2H3/t11-,12+/m1/s1. The first kappa shape index (κ1) is 14.5. The van der Waals surface area contributed by atoms with Gasteiger partial charge in [-0.15, -0.1) is 11.3 Å². The number of likely N-dealkylation sites (tertiary alicyclic amines) is 2. The molecular weight excluding hydrogens is 290 g/mol. The summed E-state index contributed by atoms with van der Waals surface area (Å²) in [5.74, 6) is 0.0923. The van der Waals surface area contributed by atoms with E-state index in [1.165, 1.54) is 7.11 Å². The maximum atomic E-state index is 12.3. The predicted octanol–water partition coefficient (Wildman–Crippen LogP) is 0.800. The minimum Gasteiger partial charge on any atom is -0.375 e. The summed E-state index contributed by atoms with van der Waals surface area (Å²) in [6.45, 7) is 3.31.